The van der Waals surface area contributed by atoms with E-state index in [0.29, 0.717) is 12.2 Å². The number of halogens is 1. The second kappa shape index (κ2) is 6.48. The van der Waals surface area contributed by atoms with Gasteiger partial charge in [0.05, 0.1) is 13.2 Å². The van der Waals surface area contributed by atoms with Gasteiger partial charge in [-0.1, -0.05) is 19.1 Å². The van der Waals surface area contributed by atoms with Crippen LogP contribution in [0.4, 0.5) is 4.39 Å². The van der Waals surface area contributed by atoms with Crippen LogP contribution in [0.15, 0.2) is 35.1 Å². The lowest BCUT2D eigenvalue weighted by Crippen LogP contribution is -2.16. The van der Waals surface area contributed by atoms with Crippen LogP contribution >= 0.6 is 0 Å². The average molecular weight is 275 g/mol. The van der Waals surface area contributed by atoms with E-state index in [4.69, 9.17) is 4.74 Å². The van der Waals surface area contributed by atoms with Gasteiger partial charge in [0.1, 0.15) is 5.82 Å². The molecule has 2 aromatic rings. The van der Waals surface area contributed by atoms with E-state index in [1.165, 1.54) is 12.1 Å². The number of aromatic amines is 1. The maximum atomic E-state index is 12.8. The summed E-state index contributed by atoms with van der Waals surface area (Å²) in [6.07, 6.45) is 0.869. The molecule has 3 nitrogen and oxygen atoms in total. The minimum Gasteiger partial charge on any atom is -0.372 e. The Labute approximate surface area is 117 Å². The summed E-state index contributed by atoms with van der Waals surface area (Å²) >= 11 is 0. The van der Waals surface area contributed by atoms with E-state index in [-0.39, 0.29) is 18.0 Å². The van der Waals surface area contributed by atoms with Gasteiger partial charge in [0.2, 0.25) is 0 Å². The summed E-state index contributed by atoms with van der Waals surface area (Å²) in [4.78, 5) is 14.6. The first-order valence-electron chi connectivity index (χ1n) is 6.64. The van der Waals surface area contributed by atoms with Crippen LogP contribution in [-0.4, -0.2) is 4.98 Å². The van der Waals surface area contributed by atoms with E-state index < -0.39 is 0 Å². The van der Waals surface area contributed by atoms with Crippen molar-refractivity contribution in [3.63, 3.8) is 0 Å². The Balaban J connectivity index is 2.00. The smallest absolute Gasteiger partial charge is 0.253 e. The van der Waals surface area contributed by atoms with Gasteiger partial charge in [0.25, 0.3) is 5.56 Å². The van der Waals surface area contributed by atoms with Gasteiger partial charge in [-0.25, -0.2) is 4.39 Å². The molecule has 0 saturated heterocycles. The van der Waals surface area contributed by atoms with E-state index in [2.05, 4.69) is 4.98 Å². The topological polar surface area (TPSA) is 42.1 Å². The average Bonchev–Trinajstić information content (AvgIpc) is 2.43. The number of hydrogen-bond acceptors (Lipinski definition) is 2. The third-order valence-corrected chi connectivity index (χ3v) is 3.24. The summed E-state index contributed by atoms with van der Waals surface area (Å²) in [5.74, 6) is -0.267. The van der Waals surface area contributed by atoms with Gasteiger partial charge in [-0.2, -0.15) is 0 Å². The monoisotopic (exact) mass is 275 g/mol. The molecule has 0 aliphatic rings. The first-order chi connectivity index (χ1) is 9.60. The number of H-pyrrole nitrogens is 1. The van der Waals surface area contributed by atoms with Gasteiger partial charge in [-0.15, -0.1) is 0 Å². The zero-order valence-electron chi connectivity index (χ0n) is 11.7. The van der Waals surface area contributed by atoms with Crippen LogP contribution in [0.1, 0.15) is 29.3 Å². The molecule has 0 aliphatic heterocycles. The largest absolute Gasteiger partial charge is 0.372 e. The molecule has 20 heavy (non-hydrogen) atoms. The maximum Gasteiger partial charge on any atom is 0.253 e. The van der Waals surface area contributed by atoms with Gasteiger partial charge in [-0.3, -0.25) is 4.79 Å². The lowest BCUT2D eigenvalue weighted by Gasteiger charge is -2.08. The van der Waals surface area contributed by atoms with Crippen molar-refractivity contribution in [2.45, 2.75) is 33.5 Å². The maximum absolute atomic E-state index is 12.8. The van der Waals surface area contributed by atoms with Crippen molar-refractivity contribution in [2.75, 3.05) is 0 Å². The molecule has 0 fully saturated rings. The van der Waals surface area contributed by atoms with Crippen molar-refractivity contribution >= 4 is 0 Å². The molecule has 0 spiro atoms. The highest BCUT2D eigenvalue weighted by atomic mass is 19.1. The second-order valence-electron chi connectivity index (χ2n) is 4.75. The van der Waals surface area contributed by atoms with Crippen molar-refractivity contribution < 1.29 is 9.13 Å². The van der Waals surface area contributed by atoms with Crippen molar-refractivity contribution in [2.24, 2.45) is 0 Å². The molecule has 106 valence electrons. The van der Waals surface area contributed by atoms with Crippen molar-refractivity contribution in [3.8, 4) is 0 Å². The standard InChI is InChI=1S/C16H18FNO2/c1-3-13-8-14(16(19)18-11(13)2)10-20-9-12-4-6-15(17)7-5-12/h4-8H,3,9-10H2,1-2H3,(H,18,19). The number of hydrogen-bond donors (Lipinski definition) is 1. The molecule has 4 heteroatoms. The van der Waals surface area contributed by atoms with E-state index in [9.17, 15) is 9.18 Å². The minimum atomic E-state index is -0.267. The van der Waals surface area contributed by atoms with Crippen molar-refractivity contribution in [3.05, 3.63) is 68.9 Å². The van der Waals surface area contributed by atoms with Crippen molar-refractivity contribution in [1.29, 1.82) is 0 Å². The van der Waals surface area contributed by atoms with Gasteiger partial charge < -0.3 is 9.72 Å². The third-order valence-electron chi connectivity index (χ3n) is 3.24. The second-order valence-corrected chi connectivity index (χ2v) is 4.75. The van der Waals surface area contributed by atoms with Crippen LogP contribution in [-0.2, 0) is 24.4 Å². The summed E-state index contributed by atoms with van der Waals surface area (Å²) in [6.45, 7) is 4.54. The fourth-order valence-electron chi connectivity index (χ4n) is 2.05. The molecule has 1 aromatic carbocycles. The molecule has 0 saturated carbocycles. The third kappa shape index (κ3) is 3.54. The number of aromatic nitrogens is 1. The summed E-state index contributed by atoms with van der Waals surface area (Å²) in [6, 6.07) is 8.02. The fourth-order valence-corrected chi connectivity index (χ4v) is 2.05. The van der Waals surface area contributed by atoms with E-state index >= 15 is 0 Å². The lowest BCUT2D eigenvalue weighted by atomic mass is 10.1. The SMILES string of the molecule is CCc1cc(COCc2ccc(F)cc2)c(=O)[nH]c1C. The zero-order chi connectivity index (χ0) is 14.5. The summed E-state index contributed by atoms with van der Waals surface area (Å²) in [7, 11) is 0. The number of nitrogens with one attached hydrogen (secondary N) is 1. The van der Waals surface area contributed by atoms with Crippen LogP contribution in [0.2, 0.25) is 0 Å². The van der Waals surface area contributed by atoms with Crippen molar-refractivity contribution in [1.82, 2.24) is 4.98 Å². The highest BCUT2D eigenvalue weighted by molar-refractivity contribution is 5.24. The van der Waals surface area contributed by atoms with Crippen LogP contribution < -0.4 is 5.56 Å². The van der Waals surface area contributed by atoms with E-state index in [1.807, 2.05) is 19.9 Å². The first kappa shape index (κ1) is 14.5. The number of aryl methyl sites for hydroxylation is 2. The summed E-state index contributed by atoms with van der Waals surface area (Å²) < 4.78 is 18.3. The molecule has 0 atom stereocenters. The molecule has 0 radical (unpaired) electrons. The molecule has 0 amide bonds. The molecule has 0 bridgehead atoms. The highest BCUT2D eigenvalue weighted by Crippen LogP contribution is 2.09. The minimum absolute atomic E-state index is 0.112. The molecule has 1 heterocycles. The Hall–Kier alpha value is -1.94. The summed E-state index contributed by atoms with van der Waals surface area (Å²) in [5.41, 5.74) is 3.41. The summed E-state index contributed by atoms with van der Waals surface area (Å²) in [5, 5.41) is 0. The van der Waals surface area contributed by atoms with Gasteiger partial charge in [-0.05, 0) is 42.7 Å². The number of benzene rings is 1. The van der Waals surface area contributed by atoms with Gasteiger partial charge in [0.15, 0.2) is 0 Å². The van der Waals surface area contributed by atoms with Gasteiger partial charge >= 0.3 is 0 Å². The van der Waals surface area contributed by atoms with E-state index in [0.717, 1.165) is 23.2 Å². The Morgan fingerprint density at radius 3 is 2.50 bits per heavy atom. The Bertz CT molecular complexity index is 632. The van der Waals surface area contributed by atoms with Crippen LogP contribution in [0, 0.1) is 12.7 Å². The lowest BCUT2D eigenvalue weighted by molar-refractivity contribution is 0.106. The number of rotatable bonds is 5. The molecule has 0 aliphatic carbocycles. The molecule has 1 N–H and O–H groups in total. The van der Waals surface area contributed by atoms with Crippen LogP contribution in [0.25, 0.3) is 0 Å². The molecular formula is C16H18FNO2. The number of pyridine rings is 1. The Kier molecular flexibility index (Phi) is 4.69. The Morgan fingerprint density at radius 1 is 1.15 bits per heavy atom. The normalized spacial score (nSPS) is 10.8. The molecule has 2 rings (SSSR count). The molecule has 0 unspecified atom stereocenters. The predicted molar refractivity (Wildman–Crippen MR) is 76.1 cm³/mol. The zero-order valence-corrected chi connectivity index (χ0v) is 11.7. The van der Waals surface area contributed by atoms with Crippen LogP contribution in [0.5, 0.6) is 0 Å². The quantitative estimate of drug-likeness (QED) is 0.911. The predicted octanol–water partition coefficient (Wildman–Crippen LogP) is 3.10. The Morgan fingerprint density at radius 2 is 1.85 bits per heavy atom. The molecule has 1 aromatic heterocycles. The van der Waals surface area contributed by atoms with Crippen LogP contribution in [0.3, 0.4) is 0 Å². The first-order valence-corrected chi connectivity index (χ1v) is 6.64. The van der Waals surface area contributed by atoms with E-state index in [1.54, 1.807) is 12.1 Å². The fraction of sp³-hybridized carbons (Fsp3) is 0.312. The highest BCUT2D eigenvalue weighted by Gasteiger charge is 2.05. The number of ether oxygens (including phenoxy) is 1. The van der Waals surface area contributed by atoms with Gasteiger partial charge in [0, 0.05) is 11.3 Å². The molecular weight excluding hydrogens is 257 g/mol.